The molecule has 0 radical (unpaired) electrons. The molecule has 0 saturated heterocycles. The normalized spacial score (nSPS) is 12.7. The van der Waals surface area contributed by atoms with Crippen LogP contribution in [-0.4, -0.2) is 39.5 Å². The van der Waals surface area contributed by atoms with Crippen molar-refractivity contribution in [2.75, 3.05) is 19.0 Å². The van der Waals surface area contributed by atoms with Crippen molar-refractivity contribution in [3.05, 3.63) is 63.4 Å². The molecular formula is C23H24F3N3O5. The van der Waals surface area contributed by atoms with E-state index in [2.05, 4.69) is 10.3 Å². The molecule has 0 spiro atoms. The van der Waals surface area contributed by atoms with E-state index in [1.54, 1.807) is 0 Å². The van der Waals surface area contributed by atoms with Gasteiger partial charge in [-0.2, -0.15) is 18.2 Å². The van der Waals surface area contributed by atoms with Gasteiger partial charge in [-0.3, -0.25) is 4.79 Å². The number of carboxylic acids is 1. The number of pyridine rings is 2. The van der Waals surface area contributed by atoms with Crippen LogP contribution in [-0.2, 0) is 12.7 Å². The Morgan fingerprint density at radius 3 is 2.50 bits per heavy atom. The van der Waals surface area contributed by atoms with Gasteiger partial charge in [-0.15, -0.1) is 0 Å². The number of fused-ring (bicyclic) bond motifs is 1. The van der Waals surface area contributed by atoms with Crippen molar-refractivity contribution in [3.63, 3.8) is 0 Å². The molecule has 182 valence electrons. The molecular weight excluding hydrogens is 455 g/mol. The molecule has 0 aliphatic carbocycles. The summed E-state index contributed by atoms with van der Waals surface area (Å²) in [5.41, 5.74) is -1.98. The number of nitrogens with zero attached hydrogens (tertiary/aromatic N) is 2. The molecule has 2 heterocycles. The average molecular weight is 479 g/mol. The number of nitrogens with one attached hydrogen (secondary N) is 1. The molecule has 34 heavy (non-hydrogen) atoms. The summed E-state index contributed by atoms with van der Waals surface area (Å²) in [6.07, 6.45) is -3.42. The summed E-state index contributed by atoms with van der Waals surface area (Å²) in [7, 11) is 1.31. The van der Waals surface area contributed by atoms with Gasteiger partial charge >= 0.3 is 12.1 Å². The van der Waals surface area contributed by atoms with Gasteiger partial charge in [0, 0.05) is 12.7 Å². The van der Waals surface area contributed by atoms with Crippen molar-refractivity contribution in [1.29, 1.82) is 0 Å². The third-order valence-electron chi connectivity index (χ3n) is 5.50. The summed E-state index contributed by atoms with van der Waals surface area (Å²) in [4.78, 5) is 28.9. The number of aliphatic hydroxyl groups excluding tert-OH is 1. The molecule has 1 unspecified atom stereocenters. The Morgan fingerprint density at radius 2 is 1.94 bits per heavy atom. The third kappa shape index (κ3) is 4.84. The average Bonchev–Trinajstić information content (AvgIpc) is 2.78. The summed E-state index contributed by atoms with van der Waals surface area (Å²) in [5.74, 6) is -1.60. The SMILES string of the molecule is COc1nc2c(cc1NCc1ccccc1C(F)(F)F)c(=O)c(C(=O)O)cn2C(CO)C(C)C. The number of ether oxygens (including phenoxy) is 1. The molecule has 3 rings (SSSR count). The van der Waals surface area contributed by atoms with Crippen LogP contribution < -0.4 is 15.5 Å². The second-order valence-corrected chi connectivity index (χ2v) is 8.00. The minimum absolute atomic E-state index is 0.00587. The molecule has 0 fully saturated rings. The van der Waals surface area contributed by atoms with Crippen molar-refractivity contribution >= 4 is 22.7 Å². The van der Waals surface area contributed by atoms with Crippen molar-refractivity contribution in [2.24, 2.45) is 5.92 Å². The second-order valence-electron chi connectivity index (χ2n) is 8.00. The first-order valence-corrected chi connectivity index (χ1v) is 10.4. The quantitative estimate of drug-likeness (QED) is 0.449. The molecule has 2 aromatic heterocycles. The van der Waals surface area contributed by atoms with Crippen LogP contribution in [0.3, 0.4) is 0 Å². The lowest BCUT2D eigenvalue weighted by Gasteiger charge is -2.24. The number of rotatable bonds is 8. The number of methoxy groups -OCH3 is 1. The van der Waals surface area contributed by atoms with Crippen LogP contribution in [0.2, 0.25) is 0 Å². The van der Waals surface area contributed by atoms with E-state index >= 15 is 0 Å². The number of alkyl halides is 3. The highest BCUT2D eigenvalue weighted by Crippen LogP contribution is 2.33. The zero-order valence-electron chi connectivity index (χ0n) is 18.7. The van der Waals surface area contributed by atoms with Gasteiger partial charge in [0.25, 0.3) is 0 Å². The Bertz CT molecular complexity index is 1270. The number of halogens is 3. The molecule has 3 N–H and O–H groups in total. The van der Waals surface area contributed by atoms with Crippen molar-refractivity contribution in [2.45, 2.75) is 32.6 Å². The molecule has 0 amide bonds. The fraction of sp³-hybridized carbons (Fsp3) is 0.348. The number of hydrogen-bond acceptors (Lipinski definition) is 6. The highest BCUT2D eigenvalue weighted by atomic mass is 19.4. The summed E-state index contributed by atoms with van der Waals surface area (Å²) in [6, 6.07) is 5.76. The van der Waals surface area contributed by atoms with Gasteiger partial charge < -0.3 is 24.8 Å². The molecule has 8 nitrogen and oxygen atoms in total. The number of carbonyl (C=O) groups is 1. The van der Waals surface area contributed by atoms with E-state index in [0.717, 1.165) is 12.3 Å². The van der Waals surface area contributed by atoms with Gasteiger partial charge in [0.15, 0.2) is 0 Å². The molecule has 11 heteroatoms. The Morgan fingerprint density at radius 1 is 1.26 bits per heavy atom. The predicted molar refractivity (Wildman–Crippen MR) is 119 cm³/mol. The number of aromatic nitrogens is 2. The van der Waals surface area contributed by atoms with E-state index in [4.69, 9.17) is 4.74 Å². The lowest BCUT2D eigenvalue weighted by Crippen LogP contribution is -2.26. The van der Waals surface area contributed by atoms with Crippen molar-refractivity contribution < 1.29 is 32.9 Å². The largest absolute Gasteiger partial charge is 0.479 e. The zero-order chi connectivity index (χ0) is 25.2. The maximum absolute atomic E-state index is 13.3. The first kappa shape index (κ1) is 25.0. The molecule has 0 bridgehead atoms. The van der Waals surface area contributed by atoms with Crippen LogP contribution in [0.15, 0.2) is 41.3 Å². The molecule has 3 aromatic rings. The maximum Gasteiger partial charge on any atom is 0.416 e. The van der Waals surface area contributed by atoms with E-state index in [-0.39, 0.29) is 47.2 Å². The van der Waals surface area contributed by atoms with Gasteiger partial charge in [0.2, 0.25) is 11.3 Å². The van der Waals surface area contributed by atoms with Gasteiger partial charge in [-0.1, -0.05) is 32.0 Å². The van der Waals surface area contributed by atoms with Gasteiger partial charge in [-0.05, 0) is 23.6 Å². The number of aromatic carboxylic acids is 1. The standard InChI is InChI=1S/C23H24F3N3O5/c1-12(2)18(11-30)29-10-15(22(32)33)19(31)14-8-17(21(34-3)28-20(14)29)27-9-13-6-4-5-7-16(13)23(24,25)26/h4-8,10,12,18,27,30H,9,11H2,1-3H3,(H,32,33). The minimum Gasteiger partial charge on any atom is -0.479 e. The van der Waals surface area contributed by atoms with Crippen LogP contribution in [0.4, 0.5) is 18.9 Å². The fourth-order valence-corrected chi connectivity index (χ4v) is 3.70. The summed E-state index contributed by atoms with van der Waals surface area (Å²) in [6.45, 7) is 3.04. The maximum atomic E-state index is 13.3. The fourth-order valence-electron chi connectivity index (χ4n) is 3.70. The number of benzene rings is 1. The summed E-state index contributed by atoms with van der Waals surface area (Å²) in [5, 5.41) is 22.1. The number of aliphatic hydroxyl groups is 1. The molecule has 1 aromatic carbocycles. The Hall–Kier alpha value is -3.60. The zero-order valence-corrected chi connectivity index (χ0v) is 18.7. The van der Waals surface area contributed by atoms with Crippen LogP contribution in [0.1, 0.15) is 41.4 Å². The van der Waals surface area contributed by atoms with Crippen LogP contribution >= 0.6 is 0 Å². The Labute approximate surface area is 192 Å². The molecule has 0 saturated carbocycles. The van der Waals surface area contributed by atoms with Gasteiger partial charge in [0.1, 0.15) is 11.2 Å². The molecule has 0 aliphatic rings. The molecule has 0 aliphatic heterocycles. The monoisotopic (exact) mass is 479 g/mol. The summed E-state index contributed by atoms with van der Waals surface area (Å²) < 4.78 is 46.7. The van der Waals surface area contributed by atoms with E-state index in [9.17, 15) is 33.0 Å². The van der Waals surface area contributed by atoms with E-state index in [0.29, 0.717) is 0 Å². The number of carboxylic acid groups (broad SMARTS) is 1. The highest BCUT2D eigenvalue weighted by Gasteiger charge is 2.33. The first-order valence-electron chi connectivity index (χ1n) is 10.4. The van der Waals surface area contributed by atoms with Crippen LogP contribution in [0.25, 0.3) is 11.0 Å². The smallest absolute Gasteiger partial charge is 0.416 e. The minimum atomic E-state index is -4.55. The summed E-state index contributed by atoms with van der Waals surface area (Å²) >= 11 is 0. The lowest BCUT2D eigenvalue weighted by atomic mass is 10.0. The number of anilines is 1. The second kappa shape index (κ2) is 9.72. The Balaban J connectivity index is 2.18. The lowest BCUT2D eigenvalue weighted by molar-refractivity contribution is -0.138. The molecule has 1 atom stereocenters. The predicted octanol–water partition coefficient (Wildman–Crippen LogP) is 3.92. The van der Waals surface area contributed by atoms with Crippen LogP contribution in [0, 0.1) is 5.92 Å². The number of hydrogen-bond donors (Lipinski definition) is 3. The van der Waals surface area contributed by atoms with Crippen molar-refractivity contribution in [1.82, 2.24) is 9.55 Å². The van der Waals surface area contributed by atoms with Gasteiger partial charge in [0.05, 0.1) is 36.4 Å². The van der Waals surface area contributed by atoms with E-state index < -0.39 is 34.7 Å². The van der Waals surface area contributed by atoms with Crippen molar-refractivity contribution in [3.8, 4) is 5.88 Å². The van der Waals surface area contributed by atoms with Gasteiger partial charge in [-0.25, -0.2) is 4.79 Å². The van der Waals surface area contributed by atoms with E-state index in [1.807, 2.05) is 13.8 Å². The first-order chi connectivity index (χ1) is 16.0. The van der Waals surface area contributed by atoms with E-state index in [1.165, 1.54) is 35.9 Å². The topological polar surface area (TPSA) is 114 Å². The van der Waals surface area contributed by atoms with Crippen LogP contribution in [0.5, 0.6) is 5.88 Å². The highest BCUT2D eigenvalue weighted by molar-refractivity contribution is 5.93. The Kier molecular flexibility index (Phi) is 7.15. The third-order valence-corrected chi connectivity index (χ3v) is 5.50.